The fraction of sp³-hybridized carbons (Fsp3) is 0.636. The number of aliphatic imine (C=N–C) groups is 1. The third-order valence-electron chi connectivity index (χ3n) is 4.62. The average Bonchev–Trinajstić information content (AvgIpc) is 3.07. The molecule has 1 fully saturated rings. The van der Waals surface area contributed by atoms with Gasteiger partial charge in [-0.3, -0.25) is 4.99 Å². The summed E-state index contributed by atoms with van der Waals surface area (Å²) in [5.74, 6) is 1.78. The summed E-state index contributed by atoms with van der Waals surface area (Å²) in [4.78, 5) is 19.0. The van der Waals surface area contributed by atoms with Crippen LogP contribution in [0.2, 0.25) is 0 Å². The van der Waals surface area contributed by atoms with Gasteiger partial charge in [0.05, 0.1) is 13.2 Å². The Kier molecular flexibility index (Phi) is 8.17. The number of aryl methyl sites for hydroxylation is 1. The first kappa shape index (κ1) is 22.8. The molecule has 29 heavy (non-hydrogen) atoms. The van der Waals surface area contributed by atoms with Crippen molar-refractivity contribution in [2.45, 2.75) is 59.1 Å². The normalized spacial score (nSPS) is 17.2. The van der Waals surface area contributed by atoms with Crippen LogP contribution in [0, 0.1) is 6.92 Å². The highest BCUT2D eigenvalue weighted by Crippen LogP contribution is 2.20. The number of methoxy groups -OCH3 is 1. The zero-order valence-corrected chi connectivity index (χ0v) is 18.7. The topological polar surface area (TPSA) is 75.2 Å². The lowest BCUT2D eigenvalue weighted by molar-refractivity contribution is 0.0507. The van der Waals surface area contributed by atoms with Crippen molar-refractivity contribution >= 4 is 12.1 Å². The molecule has 2 N–H and O–H groups in total. The highest BCUT2D eigenvalue weighted by atomic mass is 16.6. The molecule has 162 valence electrons. The summed E-state index contributed by atoms with van der Waals surface area (Å²) < 4.78 is 10.8. The van der Waals surface area contributed by atoms with Gasteiger partial charge in [0.2, 0.25) is 0 Å². The van der Waals surface area contributed by atoms with Crippen LogP contribution in [0.3, 0.4) is 0 Å². The average molecular weight is 405 g/mol. The summed E-state index contributed by atoms with van der Waals surface area (Å²) in [5, 5.41) is 6.33. The number of nitrogens with one attached hydrogen (secondary N) is 2. The standard InChI is InChI=1S/C22H36N4O3/c1-7-23-20(24-12-10-17-14-16(2)8-9-19(17)28-6)26-13-11-18(15-26)25-21(27)29-22(3,4)5/h8-9,14,18H,7,10-13,15H2,1-6H3,(H,23,24)(H,25,27). The molecular formula is C22H36N4O3. The summed E-state index contributed by atoms with van der Waals surface area (Å²) in [6.07, 6.45) is 1.32. The molecule has 1 unspecified atom stereocenters. The Morgan fingerprint density at radius 3 is 2.76 bits per heavy atom. The largest absolute Gasteiger partial charge is 0.496 e. The van der Waals surface area contributed by atoms with E-state index in [1.807, 2.05) is 26.8 Å². The van der Waals surface area contributed by atoms with Crippen molar-refractivity contribution in [3.05, 3.63) is 29.3 Å². The number of ether oxygens (including phenoxy) is 2. The maximum absolute atomic E-state index is 12.0. The number of alkyl carbamates (subject to hydrolysis) is 1. The van der Waals surface area contributed by atoms with E-state index >= 15 is 0 Å². The van der Waals surface area contributed by atoms with Crippen molar-refractivity contribution in [2.24, 2.45) is 4.99 Å². The summed E-state index contributed by atoms with van der Waals surface area (Å²) in [7, 11) is 1.70. The van der Waals surface area contributed by atoms with Crippen molar-refractivity contribution in [1.29, 1.82) is 0 Å². The number of amides is 1. The van der Waals surface area contributed by atoms with Gasteiger partial charge in [-0.15, -0.1) is 0 Å². The van der Waals surface area contributed by atoms with Crippen LogP contribution in [0.1, 0.15) is 45.2 Å². The molecular weight excluding hydrogens is 368 g/mol. The maximum Gasteiger partial charge on any atom is 0.407 e. The van der Waals surface area contributed by atoms with E-state index in [0.717, 1.165) is 49.7 Å². The molecule has 0 aromatic heterocycles. The first-order valence-corrected chi connectivity index (χ1v) is 10.4. The van der Waals surface area contributed by atoms with Crippen molar-refractivity contribution in [3.63, 3.8) is 0 Å². The molecule has 0 radical (unpaired) electrons. The number of rotatable bonds is 6. The number of hydrogen-bond acceptors (Lipinski definition) is 4. The monoisotopic (exact) mass is 404 g/mol. The van der Waals surface area contributed by atoms with Crippen LogP contribution in [-0.4, -0.2) is 61.9 Å². The minimum Gasteiger partial charge on any atom is -0.496 e. The van der Waals surface area contributed by atoms with Gasteiger partial charge in [0, 0.05) is 26.2 Å². The molecule has 1 saturated heterocycles. The van der Waals surface area contributed by atoms with Crippen molar-refractivity contribution < 1.29 is 14.3 Å². The van der Waals surface area contributed by atoms with E-state index in [-0.39, 0.29) is 12.1 Å². The third kappa shape index (κ3) is 7.48. The van der Waals surface area contributed by atoms with Gasteiger partial charge in [0.15, 0.2) is 5.96 Å². The number of nitrogens with zero attached hydrogens (tertiary/aromatic N) is 2. The molecule has 1 heterocycles. The summed E-state index contributed by atoms with van der Waals surface area (Å²) in [5.41, 5.74) is 1.89. The number of carbonyl (C=O) groups excluding carboxylic acids is 1. The van der Waals surface area contributed by atoms with Crippen LogP contribution in [0.4, 0.5) is 4.79 Å². The van der Waals surface area contributed by atoms with Crippen LogP contribution < -0.4 is 15.4 Å². The van der Waals surface area contributed by atoms with Gasteiger partial charge in [0.25, 0.3) is 0 Å². The molecule has 1 aromatic carbocycles. The highest BCUT2D eigenvalue weighted by Gasteiger charge is 2.27. The Morgan fingerprint density at radius 2 is 2.10 bits per heavy atom. The molecule has 0 aliphatic carbocycles. The molecule has 0 saturated carbocycles. The van der Waals surface area contributed by atoms with E-state index < -0.39 is 5.60 Å². The van der Waals surface area contributed by atoms with E-state index in [1.165, 1.54) is 5.56 Å². The number of benzene rings is 1. The second-order valence-electron chi connectivity index (χ2n) is 8.38. The molecule has 1 aliphatic heterocycles. The molecule has 1 aromatic rings. The van der Waals surface area contributed by atoms with E-state index in [4.69, 9.17) is 14.5 Å². The van der Waals surface area contributed by atoms with Crippen LogP contribution in [0.5, 0.6) is 5.75 Å². The Morgan fingerprint density at radius 1 is 1.34 bits per heavy atom. The van der Waals surface area contributed by atoms with Crippen LogP contribution in [0.25, 0.3) is 0 Å². The van der Waals surface area contributed by atoms with E-state index in [9.17, 15) is 4.79 Å². The van der Waals surface area contributed by atoms with Crippen molar-refractivity contribution in [2.75, 3.05) is 33.3 Å². The van der Waals surface area contributed by atoms with Gasteiger partial charge >= 0.3 is 6.09 Å². The fourth-order valence-corrected chi connectivity index (χ4v) is 3.36. The summed E-state index contributed by atoms with van der Waals surface area (Å²) in [6, 6.07) is 6.27. The van der Waals surface area contributed by atoms with Crippen LogP contribution in [0.15, 0.2) is 23.2 Å². The van der Waals surface area contributed by atoms with Crippen LogP contribution >= 0.6 is 0 Å². The minimum atomic E-state index is -0.490. The molecule has 1 aliphatic rings. The number of carbonyl (C=O) groups is 1. The first-order valence-electron chi connectivity index (χ1n) is 10.4. The minimum absolute atomic E-state index is 0.0607. The van der Waals surface area contributed by atoms with Gasteiger partial charge in [-0.25, -0.2) is 4.79 Å². The van der Waals surface area contributed by atoms with Crippen LogP contribution in [-0.2, 0) is 11.2 Å². The van der Waals surface area contributed by atoms with E-state index in [1.54, 1.807) is 7.11 Å². The molecule has 0 spiro atoms. The lowest BCUT2D eigenvalue weighted by Gasteiger charge is -2.23. The van der Waals surface area contributed by atoms with Gasteiger partial charge in [0.1, 0.15) is 11.4 Å². The first-order chi connectivity index (χ1) is 13.7. The molecule has 1 atom stereocenters. The Labute approximate surface area is 174 Å². The second kappa shape index (κ2) is 10.4. The van der Waals surface area contributed by atoms with Gasteiger partial charge in [-0.05, 0) is 59.1 Å². The van der Waals surface area contributed by atoms with E-state index in [0.29, 0.717) is 6.54 Å². The van der Waals surface area contributed by atoms with Gasteiger partial charge in [-0.2, -0.15) is 0 Å². The molecule has 7 heteroatoms. The van der Waals surface area contributed by atoms with E-state index in [2.05, 4.69) is 41.5 Å². The maximum atomic E-state index is 12.0. The van der Waals surface area contributed by atoms with Gasteiger partial charge < -0.3 is 25.0 Å². The number of guanidine groups is 1. The van der Waals surface area contributed by atoms with Crippen molar-refractivity contribution in [3.8, 4) is 5.75 Å². The Hall–Kier alpha value is -2.44. The number of hydrogen-bond donors (Lipinski definition) is 2. The molecule has 2 rings (SSSR count). The molecule has 0 bridgehead atoms. The SMILES string of the molecule is CCNC(=NCCc1cc(C)ccc1OC)N1CCC(NC(=O)OC(C)(C)C)C1. The van der Waals surface area contributed by atoms with Gasteiger partial charge in [-0.1, -0.05) is 17.7 Å². The zero-order chi connectivity index (χ0) is 21.4. The highest BCUT2D eigenvalue weighted by molar-refractivity contribution is 5.80. The Bertz CT molecular complexity index is 712. The predicted octanol–water partition coefficient (Wildman–Crippen LogP) is 3.11. The lowest BCUT2D eigenvalue weighted by Crippen LogP contribution is -2.44. The summed E-state index contributed by atoms with van der Waals surface area (Å²) >= 11 is 0. The zero-order valence-electron chi connectivity index (χ0n) is 18.7. The van der Waals surface area contributed by atoms with Crippen molar-refractivity contribution in [1.82, 2.24) is 15.5 Å². The molecule has 1 amide bonds. The quantitative estimate of drug-likeness (QED) is 0.563. The summed E-state index contributed by atoms with van der Waals surface area (Å²) in [6.45, 7) is 12.8. The molecule has 7 nitrogen and oxygen atoms in total. The third-order valence-corrected chi connectivity index (χ3v) is 4.62. The number of likely N-dealkylation sites (tertiary alicyclic amines) is 1. The lowest BCUT2D eigenvalue weighted by atomic mass is 10.1. The Balaban J connectivity index is 1.94. The fourth-order valence-electron chi connectivity index (χ4n) is 3.36. The second-order valence-corrected chi connectivity index (χ2v) is 8.38. The predicted molar refractivity (Wildman–Crippen MR) is 117 cm³/mol. The smallest absolute Gasteiger partial charge is 0.407 e.